The molecular formula is C18H19N5O6S. The van der Waals surface area contributed by atoms with E-state index in [2.05, 4.69) is 15.1 Å². The summed E-state index contributed by atoms with van der Waals surface area (Å²) in [5, 5.41) is 4.16. The molecule has 3 aromatic heterocycles. The molecule has 2 N–H and O–H groups in total. The largest absolute Gasteiger partial charge is 0.465 e. The molecule has 30 heavy (non-hydrogen) atoms. The van der Waals surface area contributed by atoms with Crippen LogP contribution in [0.25, 0.3) is 5.78 Å². The number of fused-ring (bicyclic) bond motifs is 1. The Bertz CT molecular complexity index is 1140. The molecule has 11 nitrogen and oxygen atoms in total. The lowest BCUT2D eigenvalue weighted by molar-refractivity contribution is 0.0449. The fraction of sp³-hybridized carbons (Fsp3) is 0.333. The van der Waals surface area contributed by atoms with Gasteiger partial charge in [-0.3, -0.25) is 0 Å². The van der Waals surface area contributed by atoms with Crippen LogP contribution in [0.5, 0.6) is 0 Å². The molecule has 0 bridgehead atoms. The summed E-state index contributed by atoms with van der Waals surface area (Å²) in [5.41, 5.74) is 6.71. The van der Waals surface area contributed by atoms with Gasteiger partial charge in [-0.05, 0) is 5.92 Å². The Morgan fingerprint density at radius 2 is 1.83 bits per heavy atom. The highest BCUT2D eigenvalue weighted by molar-refractivity contribution is 7.18. The molecule has 3 heterocycles. The zero-order chi connectivity index (χ0) is 22.0. The summed E-state index contributed by atoms with van der Waals surface area (Å²) in [6, 6.07) is 0. The maximum absolute atomic E-state index is 12.8. The molecule has 0 aliphatic rings. The van der Waals surface area contributed by atoms with Gasteiger partial charge in [0.2, 0.25) is 0 Å². The van der Waals surface area contributed by atoms with Crippen LogP contribution in [-0.2, 0) is 20.8 Å². The van der Waals surface area contributed by atoms with E-state index in [-0.39, 0.29) is 32.5 Å². The van der Waals surface area contributed by atoms with E-state index in [9.17, 15) is 14.4 Å². The lowest BCUT2D eigenvalue weighted by Crippen LogP contribution is -2.16. The van der Waals surface area contributed by atoms with Crippen LogP contribution in [0, 0.1) is 0 Å². The predicted molar refractivity (Wildman–Crippen MR) is 105 cm³/mol. The minimum atomic E-state index is -0.751. The summed E-state index contributed by atoms with van der Waals surface area (Å²) in [6.07, 6.45) is 2.69. The van der Waals surface area contributed by atoms with E-state index in [1.165, 1.54) is 31.3 Å². The molecule has 3 rings (SSSR count). The molecule has 0 unspecified atom stereocenters. The van der Waals surface area contributed by atoms with Gasteiger partial charge in [-0.1, -0.05) is 13.8 Å². The summed E-state index contributed by atoms with van der Waals surface area (Å²) < 4.78 is 16.3. The SMILES string of the molecule is COC(=O)c1sc(N)c(C(=O)OC)c1COC(=O)c1cnc2ncnn2c1C(C)C. The number of nitrogen functional groups attached to an aromatic ring is 1. The standard InChI is InChI=1S/C18H19N5O6S/c1-8(2)12-9(5-20-18-21-7-22-23(12)18)15(24)29-6-10-11(16(25)27-3)14(19)30-13(10)17(26)28-4/h5,7-8H,6,19H2,1-4H3. The van der Waals surface area contributed by atoms with Crippen molar-refractivity contribution in [2.75, 3.05) is 20.0 Å². The van der Waals surface area contributed by atoms with E-state index in [0.29, 0.717) is 11.5 Å². The number of nitrogens with zero attached hydrogens (tertiary/aromatic N) is 4. The molecule has 0 aliphatic heterocycles. The first-order valence-electron chi connectivity index (χ1n) is 8.73. The molecular weight excluding hydrogens is 414 g/mol. The average molecular weight is 433 g/mol. The topological polar surface area (TPSA) is 148 Å². The van der Waals surface area contributed by atoms with Gasteiger partial charge in [0.25, 0.3) is 5.78 Å². The van der Waals surface area contributed by atoms with Crippen molar-refractivity contribution in [1.82, 2.24) is 19.6 Å². The zero-order valence-electron chi connectivity index (χ0n) is 16.7. The first-order chi connectivity index (χ1) is 14.3. The Kier molecular flexibility index (Phi) is 5.96. The highest BCUT2D eigenvalue weighted by Crippen LogP contribution is 2.33. The number of aromatic nitrogens is 4. The van der Waals surface area contributed by atoms with Gasteiger partial charge in [0.05, 0.1) is 25.5 Å². The number of methoxy groups -OCH3 is 2. The second kappa shape index (κ2) is 8.45. The highest BCUT2D eigenvalue weighted by Gasteiger charge is 2.29. The minimum Gasteiger partial charge on any atom is -0.465 e. The van der Waals surface area contributed by atoms with Gasteiger partial charge in [0, 0.05) is 11.8 Å². The van der Waals surface area contributed by atoms with Gasteiger partial charge in [-0.2, -0.15) is 10.1 Å². The molecule has 0 aromatic carbocycles. The van der Waals surface area contributed by atoms with Gasteiger partial charge in [0.15, 0.2) is 0 Å². The van der Waals surface area contributed by atoms with Crippen LogP contribution in [0.2, 0.25) is 0 Å². The number of nitrogens with two attached hydrogens (primary N) is 1. The zero-order valence-corrected chi connectivity index (χ0v) is 17.5. The number of carbonyl (C=O) groups is 3. The first kappa shape index (κ1) is 21.2. The van der Waals surface area contributed by atoms with Gasteiger partial charge in [-0.25, -0.2) is 23.9 Å². The molecule has 0 spiro atoms. The van der Waals surface area contributed by atoms with Crippen molar-refractivity contribution in [3.8, 4) is 0 Å². The number of rotatable bonds is 6. The Morgan fingerprint density at radius 1 is 1.13 bits per heavy atom. The van der Waals surface area contributed by atoms with Crippen LogP contribution >= 0.6 is 11.3 Å². The monoisotopic (exact) mass is 433 g/mol. The van der Waals surface area contributed by atoms with Crippen LogP contribution < -0.4 is 5.73 Å². The molecule has 158 valence electrons. The maximum Gasteiger partial charge on any atom is 0.348 e. The first-order valence-corrected chi connectivity index (χ1v) is 9.55. The quantitative estimate of drug-likeness (QED) is 0.451. The number of ether oxygens (including phenoxy) is 3. The maximum atomic E-state index is 12.8. The molecule has 0 amide bonds. The van der Waals surface area contributed by atoms with Crippen LogP contribution in [-0.4, -0.2) is 51.7 Å². The Hall–Kier alpha value is -3.54. The summed E-state index contributed by atoms with van der Waals surface area (Å²) in [5.74, 6) is -1.91. The molecule has 12 heteroatoms. The van der Waals surface area contributed by atoms with E-state index in [0.717, 1.165) is 11.3 Å². The van der Waals surface area contributed by atoms with Crippen LogP contribution in [0.4, 0.5) is 5.00 Å². The molecule has 0 saturated carbocycles. The third-order valence-electron chi connectivity index (χ3n) is 4.25. The summed E-state index contributed by atoms with van der Waals surface area (Å²) in [7, 11) is 2.38. The normalized spacial score (nSPS) is 11.0. The minimum absolute atomic E-state index is 0.0374. The fourth-order valence-corrected chi connectivity index (χ4v) is 3.91. The summed E-state index contributed by atoms with van der Waals surface area (Å²) >= 11 is 0.852. The number of esters is 3. The second-order valence-electron chi connectivity index (χ2n) is 6.39. The van der Waals surface area contributed by atoms with E-state index in [4.69, 9.17) is 19.9 Å². The average Bonchev–Trinajstić information content (AvgIpc) is 3.33. The lowest BCUT2D eigenvalue weighted by Gasteiger charge is -2.13. The predicted octanol–water partition coefficient (Wildman–Crippen LogP) is 1.82. The van der Waals surface area contributed by atoms with E-state index < -0.39 is 24.5 Å². The second-order valence-corrected chi connectivity index (χ2v) is 7.44. The van der Waals surface area contributed by atoms with E-state index >= 15 is 0 Å². The Morgan fingerprint density at radius 3 is 2.47 bits per heavy atom. The summed E-state index contributed by atoms with van der Waals surface area (Å²) in [6.45, 7) is 3.38. The van der Waals surface area contributed by atoms with Crippen molar-refractivity contribution in [3.63, 3.8) is 0 Å². The van der Waals surface area contributed by atoms with Crippen molar-refractivity contribution in [1.29, 1.82) is 0 Å². The van der Waals surface area contributed by atoms with Gasteiger partial charge >= 0.3 is 17.9 Å². The summed E-state index contributed by atoms with van der Waals surface area (Å²) in [4.78, 5) is 45.2. The number of anilines is 1. The molecule has 3 aromatic rings. The smallest absolute Gasteiger partial charge is 0.348 e. The van der Waals surface area contributed by atoms with Crippen molar-refractivity contribution >= 4 is 40.0 Å². The number of thiophene rings is 1. The third kappa shape index (κ3) is 3.68. The molecule has 0 radical (unpaired) electrons. The van der Waals surface area contributed by atoms with Crippen molar-refractivity contribution in [3.05, 3.63) is 39.8 Å². The Balaban J connectivity index is 1.97. The van der Waals surface area contributed by atoms with Crippen LogP contribution in [0.3, 0.4) is 0 Å². The van der Waals surface area contributed by atoms with E-state index in [1.54, 1.807) is 0 Å². The molecule has 0 saturated heterocycles. The van der Waals surface area contributed by atoms with Crippen molar-refractivity contribution in [2.24, 2.45) is 0 Å². The van der Waals surface area contributed by atoms with E-state index in [1.807, 2.05) is 13.8 Å². The molecule has 0 fully saturated rings. The third-order valence-corrected chi connectivity index (χ3v) is 5.29. The molecule has 0 atom stereocenters. The van der Waals surface area contributed by atoms with Crippen molar-refractivity contribution in [2.45, 2.75) is 26.4 Å². The highest BCUT2D eigenvalue weighted by atomic mass is 32.1. The fourth-order valence-electron chi connectivity index (χ4n) is 2.93. The van der Waals surface area contributed by atoms with Crippen molar-refractivity contribution < 1.29 is 28.6 Å². The Labute approximate surface area is 174 Å². The van der Waals surface area contributed by atoms with Gasteiger partial charge in [0.1, 0.15) is 28.4 Å². The number of hydrogen-bond acceptors (Lipinski definition) is 11. The van der Waals surface area contributed by atoms with Gasteiger partial charge < -0.3 is 19.9 Å². The van der Waals surface area contributed by atoms with Crippen LogP contribution in [0.15, 0.2) is 12.5 Å². The molecule has 0 aliphatic carbocycles. The number of carbonyl (C=O) groups excluding carboxylic acids is 3. The number of hydrogen-bond donors (Lipinski definition) is 1. The van der Waals surface area contributed by atoms with Crippen LogP contribution in [0.1, 0.15) is 61.4 Å². The lowest BCUT2D eigenvalue weighted by atomic mass is 10.1. The van der Waals surface area contributed by atoms with Gasteiger partial charge in [-0.15, -0.1) is 11.3 Å².